The van der Waals surface area contributed by atoms with Crippen molar-refractivity contribution in [2.75, 3.05) is 31.1 Å². The average Bonchev–Trinajstić information content (AvgIpc) is 3.21. The minimum absolute atomic E-state index is 0.0557. The smallest absolute Gasteiger partial charge is 0.338 e. The van der Waals surface area contributed by atoms with E-state index < -0.39 is 29.7 Å². The molecule has 0 radical (unpaired) electrons. The minimum atomic E-state index is -1.73. The molecule has 1 N–H and O–H groups in total. The van der Waals surface area contributed by atoms with Gasteiger partial charge in [-0.2, -0.15) is 0 Å². The molecule has 0 aromatic heterocycles. The number of anilines is 1. The van der Waals surface area contributed by atoms with E-state index in [1.165, 1.54) is 4.90 Å². The Morgan fingerprint density at radius 1 is 1.20 bits per heavy atom. The highest BCUT2D eigenvalue weighted by Crippen LogP contribution is 2.27. The summed E-state index contributed by atoms with van der Waals surface area (Å²) in [7, 11) is 0. The molecule has 3 rings (SSSR count). The molecule has 2 aliphatic rings. The van der Waals surface area contributed by atoms with Crippen molar-refractivity contribution in [1.82, 2.24) is 4.90 Å². The number of aryl methyl sites for hydroxylation is 1. The zero-order valence-electron chi connectivity index (χ0n) is 18.0. The fourth-order valence-corrected chi connectivity index (χ4v) is 3.69. The molecule has 2 aliphatic heterocycles. The lowest BCUT2D eigenvalue weighted by molar-refractivity contribution is -0.177. The summed E-state index contributed by atoms with van der Waals surface area (Å²) in [6.07, 6.45) is -1.09. The molecular weight excluding hydrogens is 388 g/mol. The van der Waals surface area contributed by atoms with Crippen LogP contribution in [0.15, 0.2) is 18.2 Å². The van der Waals surface area contributed by atoms with Gasteiger partial charge in [0.05, 0.1) is 6.61 Å². The summed E-state index contributed by atoms with van der Waals surface area (Å²) in [6, 6.07) is 5.27. The Morgan fingerprint density at radius 3 is 2.50 bits per heavy atom. The van der Waals surface area contributed by atoms with Gasteiger partial charge in [-0.05, 0) is 58.2 Å². The maximum atomic E-state index is 13.1. The average molecular weight is 418 g/mol. The lowest BCUT2D eigenvalue weighted by atomic mass is 10.0. The van der Waals surface area contributed by atoms with Gasteiger partial charge in [-0.1, -0.05) is 6.07 Å². The van der Waals surface area contributed by atoms with Gasteiger partial charge >= 0.3 is 5.97 Å². The molecule has 0 bridgehead atoms. The van der Waals surface area contributed by atoms with E-state index in [9.17, 15) is 19.5 Å². The van der Waals surface area contributed by atoms with Crippen molar-refractivity contribution in [3.05, 3.63) is 29.3 Å². The molecule has 8 nitrogen and oxygen atoms in total. The van der Waals surface area contributed by atoms with Crippen molar-refractivity contribution < 1.29 is 29.0 Å². The Kier molecular flexibility index (Phi) is 6.47. The zero-order chi connectivity index (χ0) is 22.1. The number of aliphatic hydroxyl groups excluding tert-OH is 1. The Bertz CT molecular complexity index is 825. The molecule has 0 aliphatic carbocycles. The first-order valence-electron chi connectivity index (χ1n) is 10.3. The van der Waals surface area contributed by atoms with Crippen LogP contribution in [0.3, 0.4) is 0 Å². The molecule has 1 aromatic carbocycles. The van der Waals surface area contributed by atoms with Crippen LogP contribution < -0.4 is 4.90 Å². The van der Waals surface area contributed by atoms with Crippen LogP contribution in [-0.4, -0.2) is 71.8 Å². The molecular formula is C22H30N2O6. The second-order valence-electron chi connectivity index (χ2n) is 8.76. The number of carbonyl (C=O) groups excluding carboxylic acids is 3. The lowest BCUT2D eigenvalue weighted by Gasteiger charge is -2.35. The lowest BCUT2D eigenvalue weighted by Crippen LogP contribution is -2.55. The maximum Gasteiger partial charge on any atom is 0.338 e. The van der Waals surface area contributed by atoms with Gasteiger partial charge in [0.1, 0.15) is 5.60 Å². The third kappa shape index (κ3) is 4.82. The molecule has 2 saturated heterocycles. The van der Waals surface area contributed by atoms with E-state index >= 15 is 0 Å². The number of hydrogen-bond donors (Lipinski definition) is 1. The number of morpholine rings is 1. The normalized spacial score (nSPS) is 21.0. The largest absolute Gasteiger partial charge is 0.458 e. The van der Waals surface area contributed by atoms with Crippen LogP contribution in [0, 0.1) is 6.92 Å². The van der Waals surface area contributed by atoms with Crippen molar-refractivity contribution in [1.29, 1.82) is 0 Å². The number of likely N-dealkylation sites (tertiary alicyclic amines) is 1. The Labute approximate surface area is 176 Å². The summed E-state index contributed by atoms with van der Waals surface area (Å²) in [6.45, 7) is 8.78. The van der Waals surface area contributed by atoms with Crippen molar-refractivity contribution >= 4 is 23.5 Å². The van der Waals surface area contributed by atoms with E-state index in [0.717, 1.165) is 31.5 Å². The van der Waals surface area contributed by atoms with E-state index in [1.807, 2.05) is 11.8 Å². The second kappa shape index (κ2) is 8.73. The van der Waals surface area contributed by atoms with Gasteiger partial charge in [-0.15, -0.1) is 0 Å². The molecule has 8 heteroatoms. The number of ether oxygens (including phenoxy) is 2. The summed E-state index contributed by atoms with van der Waals surface area (Å²) in [4.78, 5) is 41.3. The third-order valence-electron chi connectivity index (χ3n) is 5.20. The first kappa shape index (κ1) is 22.2. The monoisotopic (exact) mass is 418 g/mol. The van der Waals surface area contributed by atoms with Crippen molar-refractivity contribution in [3.8, 4) is 0 Å². The van der Waals surface area contributed by atoms with E-state index in [4.69, 9.17) is 9.47 Å². The van der Waals surface area contributed by atoms with Gasteiger partial charge in [0.25, 0.3) is 11.8 Å². The van der Waals surface area contributed by atoms with Gasteiger partial charge in [0.2, 0.25) is 0 Å². The number of esters is 1. The highest BCUT2D eigenvalue weighted by Gasteiger charge is 2.41. The summed E-state index contributed by atoms with van der Waals surface area (Å²) >= 11 is 0. The van der Waals surface area contributed by atoms with Crippen molar-refractivity contribution in [2.45, 2.75) is 58.3 Å². The summed E-state index contributed by atoms with van der Waals surface area (Å²) < 4.78 is 10.6. The topological polar surface area (TPSA) is 96.4 Å². The molecule has 2 heterocycles. The first-order valence-corrected chi connectivity index (χ1v) is 10.3. The van der Waals surface area contributed by atoms with Crippen LogP contribution in [-0.2, 0) is 19.1 Å². The summed E-state index contributed by atoms with van der Waals surface area (Å²) in [5.41, 5.74) is 1.11. The second-order valence-corrected chi connectivity index (χ2v) is 8.76. The van der Waals surface area contributed by atoms with Crippen LogP contribution in [0.1, 0.15) is 49.5 Å². The van der Waals surface area contributed by atoms with Crippen molar-refractivity contribution in [3.63, 3.8) is 0 Å². The number of nitrogens with zero attached hydrogens (tertiary/aromatic N) is 2. The van der Waals surface area contributed by atoms with E-state index in [1.54, 1.807) is 39.0 Å². The van der Waals surface area contributed by atoms with E-state index in [-0.39, 0.29) is 19.1 Å². The standard InChI is InChI=1S/C22H30N2O6/c1-14-7-8-15(19(26)23-9-5-6-10-23)13-16(14)24-11-12-29-18(20(24)27)17(25)21(28)30-22(2,3)4/h7-8,13,17-18,25H,5-6,9-12H2,1-4H3/t17-,18-/m1/s1. The van der Waals surface area contributed by atoms with Crippen LogP contribution in [0.5, 0.6) is 0 Å². The molecule has 0 saturated carbocycles. The maximum absolute atomic E-state index is 13.1. The Balaban J connectivity index is 1.81. The molecule has 0 unspecified atom stereocenters. The predicted octanol–water partition coefficient (Wildman–Crippen LogP) is 1.67. The number of benzene rings is 1. The number of hydrogen-bond acceptors (Lipinski definition) is 6. The van der Waals surface area contributed by atoms with E-state index in [0.29, 0.717) is 11.3 Å². The van der Waals surface area contributed by atoms with Gasteiger partial charge in [-0.25, -0.2) is 4.79 Å². The third-order valence-corrected chi connectivity index (χ3v) is 5.20. The molecule has 0 spiro atoms. The minimum Gasteiger partial charge on any atom is -0.458 e. The number of rotatable bonds is 4. The first-order chi connectivity index (χ1) is 14.1. The highest BCUT2D eigenvalue weighted by molar-refractivity contribution is 6.02. The molecule has 30 heavy (non-hydrogen) atoms. The van der Waals surface area contributed by atoms with Crippen LogP contribution in [0.25, 0.3) is 0 Å². The zero-order valence-corrected chi connectivity index (χ0v) is 18.0. The predicted molar refractivity (Wildman–Crippen MR) is 110 cm³/mol. The SMILES string of the molecule is Cc1ccc(C(=O)N2CCCC2)cc1N1CCO[C@H]([C@@H](O)C(=O)OC(C)(C)C)C1=O. The summed E-state index contributed by atoms with van der Waals surface area (Å²) in [5, 5.41) is 10.4. The molecule has 1 aromatic rings. The quantitative estimate of drug-likeness (QED) is 0.747. The Morgan fingerprint density at radius 2 is 1.87 bits per heavy atom. The molecule has 2 atom stereocenters. The molecule has 2 amide bonds. The van der Waals surface area contributed by atoms with Gasteiger partial charge in [-0.3, -0.25) is 9.59 Å². The van der Waals surface area contributed by atoms with E-state index in [2.05, 4.69) is 0 Å². The number of amides is 2. The molecule has 164 valence electrons. The highest BCUT2D eigenvalue weighted by atomic mass is 16.6. The number of carbonyl (C=O) groups is 3. The van der Waals surface area contributed by atoms with Gasteiger partial charge < -0.3 is 24.4 Å². The van der Waals surface area contributed by atoms with Gasteiger partial charge in [0.15, 0.2) is 12.2 Å². The summed E-state index contributed by atoms with van der Waals surface area (Å²) in [5.74, 6) is -1.49. The van der Waals surface area contributed by atoms with Crippen LogP contribution in [0.4, 0.5) is 5.69 Å². The van der Waals surface area contributed by atoms with Gasteiger partial charge in [0, 0.05) is 30.9 Å². The fourth-order valence-electron chi connectivity index (χ4n) is 3.69. The van der Waals surface area contributed by atoms with Crippen LogP contribution in [0.2, 0.25) is 0 Å². The van der Waals surface area contributed by atoms with Crippen molar-refractivity contribution in [2.24, 2.45) is 0 Å². The number of aliphatic hydroxyl groups is 1. The Hall–Kier alpha value is -2.45. The molecule has 2 fully saturated rings. The van der Waals surface area contributed by atoms with Crippen LogP contribution >= 0.6 is 0 Å². The fraction of sp³-hybridized carbons (Fsp3) is 0.591.